The molecule has 0 fully saturated rings. The van der Waals surface area contributed by atoms with Crippen LogP contribution in [0.3, 0.4) is 0 Å². The predicted octanol–water partition coefficient (Wildman–Crippen LogP) is 5.25. The Balaban J connectivity index is 2.21. The van der Waals surface area contributed by atoms with Crippen LogP contribution in [-0.2, 0) is 0 Å². The van der Waals surface area contributed by atoms with Gasteiger partial charge < -0.3 is 10.1 Å². The minimum Gasteiger partial charge on any atom is -0.454 e. The summed E-state index contributed by atoms with van der Waals surface area (Å²) in [5, 5.41) is 3.89. The Labute approximate surface area is 129 Å². The monoisotopic (exact) mass is 307 g/mol. The highest BCUT2D eigenvalue weighted by atomic mass is 35.5. The van der Waals surface area contributed by atoms with E-state index in [1.165, 1.54) is 6.07 Å². The molecule has 2 nitrogen and oxygen atoms in total. The lowest BCUT2D eigenvalue weighted by Gasteiger charge is -2.15. The van der Waals surface area contributed by atoms with Gasteiger partial charge in [0, 0.05) is 11.1 Å². The van der Waals surface area contributed by atoms with Crippen LogP contribution in [0.25, 0.3) is 0 Å². The van der Waals surface area contributed by atoms with E-state index in [0.29, 0.717) is 10.8 Å². The van der Waals surface area contributed by atoms with Crippen LogP contribution in [0.2, 0.25) is 5.02 Å². The molecular formula is C17H19ClFNO. The SMILES string of the molecule is CCNC(C)c1ccc(Oc2ccc(Cl)cc2C)c(F)c1. The van der Waals surface area contributed by atoms with Gasteiger partial charge in [-0.25, -0.2) is 4.39 Å². The van der Waals surface area contributed by atoms with Crippen molar-refractivity contribution in [2.45, 2.75) is 26.8 Å². The van der Waals surface area contributed by atoms with Crippen molar-refractivity contribution in [2.75, 3.05) is 6.54 Å². The van der Waals surface area contributed by atoms with Gasteiger partial charge in [0.05, 0.1) is 0 Å². The lowest BCUT2D eigenvalue weighted by atomic mass is 10.1. The van der Waals surface area contributed by atoms with Gasteiger partial charge in [0.1, 0.15) is 5.75 Å². The Morgan fingerprint density at radius 1 is 1.19 bits per heavy atom. The summed E-state index contributed by atoms with van der Waals surface area (Å²) in [6.07, 6.45) is 0. The molecule has 0 amide bonds. The second kappa shape index (κ2) is 6.92. The summed E-state index contributed by atoms with van der Waals surface area (Å²) in [5.74, 6) is 0.449. The van der Waals surface area contributed by atoms with E-state index in [1.807, 2.05) is 26.8 Å². The number of ether oxygens (including phenoxy) is 1. The minimum atomic E-state index is -0.369. The van der Waals surface area contributed by atoms with Crippen LogP contribution in [0.5, 0.6) is 11.5 Å². The summed E-state index contributed by atoms with van der Waals surface area (Å²) in [6, 6.07) is 10.4. The molecule has 21 heavy (non-hydrogen) atoms. The topological polar surface area (TPSA) is 21.3 Å². The summed E-state index contributed by atoms with van der Waals surface area (Å²) in [6.45, 7) is 6.74. The van der Waals surface area contributed by atoms with Crippen molar-refractivity contribution in [2.24, 2.45) is 0 Å². The lowest BCUT2D eigenvalue weighted by Crippen LogP contribution is -2.17. The van der Waals surface area contributed by atoms with Crippen molar-refractivity contribution in [1.82, 2.24) is 5.32 Å². The molecule has 0 spiro atoms. The third-order valence-electron chi connectivity index (χ3n) is 3.32. The zero-order chi connectivity index (χ0) is 15.4. The first-order valence-electron chi connectivity index (χ1n) is 6.98. The first-order valence-corrected chi connectivity index (χ1v) is 7.36. The van der Waals surface area contributed by atoms with Crippen molar-refractivity contribution in [1.29, 1.82) is 0 Å². The van der Waals surface area contributed by atoms with Gasteiger partial charge in [-0.1, -0.05) is 24.6 Å². The fourth-order valence-electron chi connectivity index (χ4n) is 2.14. The molecule has 0 saturated carbocycles. The molecular weight excluding hydrogens is 289 g/mol. The average Bonchev–Trinajstić information content (AvgIpc) is 2.44. The van der Waals surface area contributed by atoms with E-state index >= 15 is 0 Å². The predicted molar refractivity (Wildman–Crippen MR) is 84.8 cm³/mol. The summed E-state index contributed by atoms with van der Waals surface area (Å²) in [5.41, 5.74) is 1.77. The highest BCUT2D eigenvalue weighted by Crippen LogP contribution is 2.30. The van der Waals surface area contributed by atoms with E-state index in [0.717, 1.165) is 17.7 Å². The van der Waals surface area contributed by atoms with Crippen molar-refractivity contribution in [3.05, 3.63) is 58.4 Å². The molecule has 0 bridgehead atoms. The third-order valence-corrected chi connectivity index (χ3v) is 3.56. The van der Waals surface area contributed by atoms with Gasteiger partial charge in [-0.2, -0.15) is 0 Å². The number of halogens is 2. The Kier molecular flexibility index (Phi) is 5.21. The Bertz CT molecular complexity index is 630. The van der Waals surface area contributed by atoms with Gasteiger partial charge in [0.15, 0.2) is 11.6 Å². The number of hydrogen-bond acceptors (Lipinski definition) is 2. The zero-order valence-electron chi connectivity index (χ0n) is 12.4. The van der Waals surface area contributed by atoms with Crippen LogP contribution >= 0.6 is 11.6 Å². The quantitative estimate of drug-likeness (QED) is 0.814. The molecule has 4 heteroatoms. The second-order valence-electron chi connectivity index (χ2n) is 4.98. The molecule has 112 valence electrons. The number of benzene rings is 2. The maximum absolute atomic E-state index is 14.2. The smallest absolute Gasteiger partial charge is 0.166 e. The first-order chi connectivity index (χ1) is 10.0. The second-order valence-corrected chi connectivity index (χ2v) is 5.42. The molecule has 0 aromatic heterocycles. The molecule has 0 heterocycles. The van der Waals surface area contributed by atoms with E-state index in [1.54, 1.807) is 24.3 Å². The van der Waals surface area contributed by atoms with Crippen LogP contribution < -0.4 is 10.1 Å². The molecule has 0 radical (unpaired) electrons. The molecule has 1 N–H and O–H groups in total. The van der Waals surface area contributed by atoms with E-state index in [9.17, 15) is 4.39 Å². The molecule has 0 aliphatic rings. The van der Waals surface area contributed by atoms with Gasteiger partial charge >= 0.3 is 0 Å². The Morgan fingerprint density at radius 2 is 1.90 bits per heavy atom. The number of rotatable bonds is 5. The number of hydrogen-bond donors (Lipinski definition) is 1. The van der Waals surface area contributed by atoms with Gasteiger partial charge in [0.2, 0.25) is 0 Å². The normalized spacial score (nSPS) is 12.2. The molecule has 0 aliphatic heterocycles. The molecule has 2 rings (SSSR count). The van der Waals surface area contributed by atoms with Gasteiger partial charge in [-0.05, 0) is 61.9 Å². The minimum absolute atomic E-state index is 0.107. The standard InChI is InChI=1S/C17H19ClFNO/c1-4-20-12(3)13-5-7-17(15(19)10-13)21-16-8-6-14(18)9-11(16)2/h5-10,12,20H,4H2,1-3H3. The maximum atomic E-state index is 14.2. The summed E-state index contributed by atoms with van der Waals surface area (Å²) in [7, 11) is 0. The van der Waals surface area contributed by atoms with Crippen LogP contribution in [0.15, 0.2) is 36.4 Å². The largest absolute Gasteiger partial charge is 0.454 e. The van der Waals surface area contributed by atoms with E-state index in [-0.39, 0.29) is 17.6 Å². The summed E-state index contributed by atoms with van der Waals surface area (Å²) >= 11 is 5.90. The molecule has 0 saturated heterocycles. The van der Waals surface area contributed by atoms with Gasteiger partial charge in [0.25, 0.3) is 0 Å². The van der Waals surface area contributed by atoms with E-state index < -0.39 is 0 Å². The van der Waals surface area contributed by atoms with Crippen LogP contribution in [-0.4, -0.2) is 6.54 Å². The highest BCUT2D eigenvalue weighted by molar-refractivity contribution is 6.30. The van der Waals surface area contributed by atoms with Crippen LogP contribution in [0.1, 0.15) is 31.0 Å². The summed E-state index contributed by atoms with van der Waals surface area (Å²) in [4.78, 5) is 0. The zero-order valence-corrected chi connectivity index (χ0v) is 13.2. The molecule has 1 atom stereocenters. The third kappa shape index (κ3) is 3.96. The average molecular weight is 308 g/mol. The highest BCUT2D eigenvalue weighted by Gasteiger charge is 2.11. The van der Waals surface area contributed by atoms with Gasteiger partial charge in [-0.15, -0.1) is 0 Å². The fraction of sp³-hybridized carbons (Fsp3) is 0.294. The van der Waals surface area contributed by atoms with Gasteiger partial charge in [-0.3, -0.25) is 0 Å². The lowest BCUT2D eigenvalue weighted by molar-refractivity contribution is 0.438. The summed E-state index contributed by atoms with van der Waals surface area (Å²) < 4.78 is 19.8. The van der Waals surface area contributed by atoms with E-state index in [4.69, 9.17) is 16.3 Å². The number of nitrogens with one attached hydrogen (secondary N) is 1. The van der Waals surface area contributed by atoms with E-state index in [2.05, 4.69) is 5.32 Å². The first kappa shape index (κ1) is 15.8. The van der Waals surface area contributed by atoms with Crippen molar-refractivity contribution < 1.29 is 9.13 Å². The van der Waals surface area contributed by atoms with Crippen LogP contribution in [0, 0.1) is 12.7 Å². The molecule has 2 aromatic carbocycles. The molecule has 2 aromatic rings. The molecule has 1 unspecified atom stereocenters. The van der Waals surface area contributed by atoms with Crippen molar-refractivity contribution in [3.63, 3.8) is 0 Å². The molecule has 0 aliphatic carbocycles. The Morgan fingerprint density at radius 3 is 2.52 bits per heavy atom. The Hall–Kier alpha value is -1.58. The van der Waals surface area contributed by atoms with Crippen molar-refractivity contribution >= 4 is 11.6 Å². The fourth-order valence-corrected chi connectivity index (χ4v) is 2.37. The number of aryl methyl sites for hydroxylation is 1. The van der Waals surface area contributed by atoms with Crippen molar-refractivity contribution in [3.8, 4) is 11.5 Å². The maximum Gasteiger partial charge on any atom is 0.166 e. The van der Waals surface area contributed by atoms with Crippen LogP contribution in [0.4, 0.5) is 4.39 Å².